The lowest BCUT2D eigenvalue weighted by molar-refractivity contribution is 0.242. The van der Waals surface area contributed by atoms with Crippen LogP contribution in [-0.4, -0.2) is 25.4 Å². The van der Waals surface area contributed by atoms with Crippen LogP contribution in [0.2, 0.25) is 5.02 Å². The molecule has 0 aliphatic heterocycles. The summed E-state index contributed by atoms with van der Waals surface area (Å²) in [5, 5.41) is 18.7. The molecule has 1 fully saturated rings. The molecule has 1 N–H and O–H groups in total. The average molecular weight is 348 g/mol. The van der Waals surface area contributed by atoms with Crippen molar-refractivity contribution in [2.24, 2.45) is 5.41 Å². The smallest absolute Gasteiger partial charge is 0.183 e. The molecule has 6 heteroatoms. The van der Waals surface area contributed by atoms with Gasteiger partial charge in [-0.3, -0.25) is 0 Å². The third-order valence-corrected chi connectivity index (χ3v) is 6.90. The molecule has 2 aromatic rings. The Kier molecular flexibility index (Phi) is 3.93. The topological polar surface area (TPSA) is 78.2 Å². The second kappa shape index (κ2) is 5.64. The summed E-state index contributed by atoms with van der Waals surface area (Å²) in [6, 6.07) is 16.9. The summed E-state index contributed by atoms with van der Waals surface area (Å²) in [5.74, 6) is -0.542. The van der Waals surface area contributed by atoms with Gasteiger partial charge in [0.15, 0.2) is 9.84 Å². The van der Waals surface area contributed by atoms with Crippen LogP contribution in [-0.2, 0) is 9.84 Å². The summed E-state index contributed by atoms with van der Waals surface area (Å²) in [5.41, 5.74) is -0.564. The van der Waals surface area contributed by atoms with Gasteiger partial charge < -0.3 is 5.11 Å². The molecule has 2 aromatic carbocycles. The van der Waals surface area contributed by atoms with Gasteiger partial charge in [-0.2, -0.15) is 5.26 Å². The first-order chi connectivity index (χ1) is 11.0. The highest BCUT2D eigenvalue weighted by atomic mass is 35.5. The molecule has 118 valence electrons. The van der Waals surface area contributed by atoms with Crippen molar-refractivity contribution < 1.29 is 13.5 Å². The molecule has 1 aliphatic carbocycles. The molecule has 0 spiro atoms. The Bertz CT molecular complexity index is 859. The van der Waals surface area contributed by atoms with E-state index in [1.807, 2.05) is 12.1 Å². The van der Waals surface area contributed by atoms with E-state index >= 15 is 0 Å². The SMILES string of the molecule is N#C[C@@]1(CO)[C@H](c2ccccc2)[C@@H]1S(=O)(=O)c1ccc(Cl)cc1. The zero-order valence-electron chi connectivity index (χ0n) is 12.1. The number of halogens is 1. The van der Waals surface area contributed by atoms with Crippen molar-refractivity contribution >= 4 is 21.4 Å². The standard InChI is InChI=1S/C17H14ClNO3S/c18-13-6-8-14(9-7-13)23(21,22)16-15(17(16,10-19)11-20)12-4-2-1-3-5-12/h1-9,15-16,20H,11H2/t15-,16+,17-/m1/s1. The minimum Gasteiger partial charge on any atom is -0.395 e. The highest BCUT2D eigenvalue weighted by Crippen LogP contribution is 2.63. The monoisotopic (exact) mass is 347 g/mol. The third-order valence-electron chi connectivity index (χ3n) is 4.36. The molecule has 1 aliphatic rings. The van der Waals surface area contributed by atoms with Crippen LogP contribution in [0.15, 0.2) is 59.5 Å². The molecule has 0 aromatic heterocycles. The zero-order valence-corrected chi connectivity index (χ0v) is 13.6. The van der Waals surface area contributed by atoms with Crippen LogP contribution < -0.4 is 0 Å². The van der Waals surface area contributed by atoms with Gasteiger partial charge in [-0.25, -0.2) is 8.42 Å². The van der Waals surface area contributed by atoms with Crippen molar-refractivity contribution in [2.75, 3.05) is 6.61 Å². The van der Waals surface area contributed by atoms with E-state index in [0.717, 1.165) is 5.56 Å². The summed E-state index contributed by atoms with van der Waals surface area (Å²) in [6.07, 6.45) is 0. The summed E-state index contributed by atoms with van der Waals surface area (Å²) < 4.78 is 25.8. The maximum atomic E-state index is 12.9. The van der Waals surface area contributed by atoms with Crippen LogP contribution in [0, 0.1) is 16.7 Å². The molecule has 0 unspecified atom stereocenters. The van der Waals surface area contributed by atoms with E-state index in [4.69, 9.17) is 11.6 Å². The van der Waals surface area contributed by atoms with Gasteiger partial charge in [0.05, 0.1) is 22.8 Å². The van der Waals surface area contributed by atoms with Crippen molar-refractivity contribution in [3.8, 4) is 6.07 Å². The van der Waals surface area contributed by atoms with Crippen LogP contribution in [0.5, 0.6) is 0 Å². The van der Waals surface area contributed by atoms with Crippen molar-refractivity contribution in [3.05, 3.63) is 65.2 Å². The van der Waals surface area contributed by atoms with Gasteiger partial charge in [0.1, 0.15) is 5.41 Å². The van der Waals surface area contributed by atoms with E-state index in [-0.39, 0.29) is 4.90 Å². The number of hydrogen-bond donors (Lipinski definition) is 1. The fourth-order valence-electron chi connectivity index (χ4n) is 3.12. The maximum Gasteiger partial charge on any atom is 0.183 e. The summed E-state index contributed by atoms with van der Waals surface area (Å²) >= 11 is 5.80. The summed E-state index contributed by atoms with van der Waals surface area (Å²) in [6.45, 7) is -0.499. The lowest BCUT2D eigenvalue weighted by Gasteiger charge is -2.06. The second-order valence-corrected chi connectivity index (χ2v) is 8.12. The molecule has 0 amide bonds. The predicted octanol–water partition coefficient (Wildman–Crippen LogP) is 2.78. The molecule has 0 heterocycles. The zero-order chi connectivity index (χ0) is 16.7. The molecule has 0 bridgehead atoms. The molecule has 3 rings (SSSR count). The van der Waals surface area contributed by atoms with E-state index in [1.54, 1.807) is 24.3 Å². The Morgan fingerprint density at radius 2 is 1.74 bits per heavy atom. The minimum atomic E-state index is -3.75. The van der Waals surface area contributed by atoms with Gasteiger partial charge in [0, 0.05) is 10.9 Å². The van der Waals surface area contributed by atoms with Crippen LogP contribution in [0.1, 0.15) is 11.5 Å². The fourth-order valence-corrected chi connectivity index (χ4v) is 5.56. The van der Waals surface area contributed by atoms with Crippen molar-refractivity contribution in [1.29, 1.82) is 5.26 Å². The molecule has 0 radical (unpaired) electrons. The quantitative estimate of drug-likeness (QED) is 0.922. The number of aliphatic hydroxyl groups excluding tert-OH is 1. The average Bonchev–Trinajstić information content (AvgIpc) is 3.27. The van der Waals surface area contributed by atoms with E-state index in [0.29, 0.717) is 5.02 Å². The first-order valence-corrected chi connectivity index (χ1v) is 8.96. The number of rotatable bonds is 4. The van der Waals surface area contributed by atoms with Gasteiger partial charge >= 0.3 is 0 Å². The first-order valence-electron chi connectivity index (χ1n) is 7.04. The summed E-state index contributed by atoms with van der Waals surface area (Å²) in [7, 11) is -3.75. The lowest BCUT2D eigenvalue weighted by Crippen LogP contribution is -2.18. The molecule has 23 heavy (non-hydrogen) atoms. The number of aliphatic hydroxyl groups is 1. The second-order valence-electron chi connectivity index (χ2n) is 5.62. The highest BCUT2D eigenvalue weighted by molar-refractivity contribution is 7.92. The maximum absolute atomic E-state index is 12.9. The number of nitriles is 1. The molecule has 3 atom stereocenters. The number of nitrogens with zero attached hydrogens (tertiary/aromatic N) is 1. The lowest BCUT2D eigenvalue weighted by atomic mass is 10.0. The van der Waals surface area contributed by atoms with Crippen molar-refractivity contribution in [3.63, 3.8) is 0 Å². The van der Waals surface area contributed by atoms with E-state index in [9.17, 15) is 18.8 Å². The van der Waals surface area contributed by atoms with E-state index < -0.39 is 33.0 Å². The van der Waals surface area contributed by atoms with Gasteiger partial charge in [0.25, 0.3) is 0 Å². The minimum absolute atomic E-state index is 0.110. The predicted molar refractivity (Wildman–Crippen MR) is 86.7 cm³/mol. The Morgan fingerprint density at radius 1 is 1.13 bits per heavy atom. The molecular formula is C17H14ClNO3S. The van der Waals surface area contributed by atoms with E-state index in [1.165, 1.54) is 24.3 Å². The van der Waals surface area contributed by atoms with Crippen molar-refractivity contribution in [2.45, 2.75) is 16.1 Å². The van der Waals surface area contributed by atoms with Crippen molar-refractivity contribution in [1.82, 2.24) is 0 Å². The Labute approximate surface area is 139 Å². The Balaban J connectivity index is 2.07. The number of benzene rings is 2. The third kappa shape index (κ3) is 2.43. The molecule has 1 saturated carbocycles. The van der Waals surface area contributed by atoms with Gasteiger partial charge in [0.2, 0.25) is 0 Å². The first kappa shape index (κ1) is 16.0. The molecular weight excluding hydrogens is 334 g/mol. The van der Waals surface area contributed by atoms with Gasteiger partial charge in [-0.15, -0.1) is 0 Å². The van der Waals surface area contributed by atoms with Crippen LogP contribution in [0.4, 0.5) is 0 Å². The normalized spacial score (nSPS) is 26.5. The fraction of sp³-hybridized carbons (Fsp3) is 0.235. The Hall–Kier alpha value is -1.87. The van der Waals surface area contributed by atoms with Crippen LogP contribution >= 0.6 is 11.6 Å². The largest absolute Gasteiger partial charge is 0.395 e. The van der Waals surface area contributed by atoms with Gasteiger partial charge in [-0.05, 0) is 29.8 Å². The summed E-state index contributed by atoms with van der Waals surface area (Å²) in [4.78, 5) is 0.110. The highest BCUT2D eigenvalue weighted by Gasteiger charge is 2.72. The Morgan fingerprint density at radius 3 is 2.26 bits per heavy atom. The van der Waals surface area contributed by atoms with Crippen LogP contribution in [0.25, 0.3) is 0 Å². The van der Waals surface area contributed by atoms with E-state index in [2.05, 4.69) is 0 Å². The van der Waals surface area contributed by atoms with Gasteiger partial charge in [-0.1, -0.05) is 41.9 Å². The molecule has 4 nitrogen and oxygen atoms in total. The molecule has 0 saturated heterocycles. The number of sulfone groups is 1. The van der Waals surface area contributed by atoms with Crippen LogP contribution in [0.3, 0.4) is 0 Å². The number of hydrogen-bond acceptors (Lipinski definition) is 4.